The van der Waals surface area contributed by atoms with Crippen LogP contribution in [0.4, 0.5) is 4.39 Å². The molecule has 0 spiro atoms. The van der Waals surface area contributed by atoms with Crippen molar-refractivity contribution in [1.29, 1.82) is 0 Å². The number of nitrogens with two attached hydrogens (primary N) is 1. The average molecular weight is 303 g/mol. The van der Waals surface area contributed by atoms with Crippen molar-refractivity contribution < 1.29 is 4.39 Å². The minimum atomic E-state index is -0.216. The zero-order valence-electron chi connectivity index (χ0n) is 10.3. The number of hydrogen-bond donors (Lipinski definition) is 2. The normalized spacial score (nSPS) is 13.1. The van der Waals surface area contributed by atoms with Crippen LogP contribution in [0.3, 0.4) is 0 Å². The Labute approximate surface area is 111 Å². The minimum absolute atomic E-state index is 0.135. The Kier molecular flexibility index (Phi) is 6.09. The van der Waals surface area contributed by atoms with Crippen LogP contribution in [0.25, 0.3) is 0 Å². The largest absolute Gasteiger partial charge is 0.271 e. The van der Waals surface area contributed by atoms with Gasteiger partial charge in [-0.15, -0.1) is 0 Å². The van der Waals surface area contributed by atoms with E-state index < -0.39 is 0 Å². The van der Waals surface area contributed by atoms with E-state index in [4.69, 9.17) is 5.84 Å². The Balaban J connectivity index is 2.72. The maximum atomic E-state index is 13.7. The lowest BCUT2D eigenvalue weighted by atomic mass is 9.98. The molecule has 0 bridgehead atoms. The van der Waals surface area contributed by atoms with Gasteiger partial charge < -0.3 is 0 Å². The van der Waals surface area contributed by atoms with Crippen molar-refractivity contribution in [3.05, 3.63) is 34.1 Å². The van der Waals surface area contributed by atoms with Crippen molar-refractivity contribution >= 4 is 15.9 Å². The summed E-state index contributed by atoms with van der Waals surface area (Å²) >= 11 is 3.37. The first kappa shape index (κ1) is 14.6. The van der Waals surface area contributed by atoms with Gasteiger partial charge >= 0.3 is 0 Å². The molecule has 0 saturated carbocycles. The first-order valence-electron chi connectivity index (χ1n) is 5.96. The van der Waals surface area contributed by atoms with Gasteiger partial charge in [-0.1, -0.05) is 48.7 Å². The van der Waals surface area contributed by atoms with Crippen LogP contribution in [0.2, 0.25) is 0 Å². The standard InChI is InChI=1S/C13H20BrFN2/c1-9(2)5-3-8-12(17-16)13-10(14)6-4-7-11(13)15/h4,6-7,9,12,17H,3,5,8,16H2,1-2H3. The fraction of sp³-hybridized carbons (Fsp3) is 0.538. The van der Waals surface area contributed by atoms with E-state index in [9.17, 15) is 4.39 Å². The molecular weight excluding hydrogens is 283 g/mol. The van der Waals surface area contributed by atoms with Gasteiger partial charge in [0, 0.05) is 16.1 Å². The summed E-state index contributed by atoms with van der Waals surface area (Å²) in [6.45, 7) is 4.37. The van der Waals surface area contributed by atoms with Crippen molar-refractivity contribution in [1.82, 2.24) is 5.43 Å². The van der Waals surface area contributed by atoms with E-state index >= 15 is 0 Å². The number of nitrogens with one attached hydrogen (secondary N) is 1. The van der Waals surface area contributed by atoms with E-state index in [-0.39, 0.29) is 11.9 Å². The van der Waals surface area contributed by atoms with Crippen LogP contribution in [-0.2, 0) is 0 Å². The third-order valence-corrected chi connectivity index (χ3v) is 3.52. The molecular formula is C13H20BrFN2. The van der Waals surface area contributed by atoms with Gasteiger partial charge in [-0.25, -0.2) is 4.39 Å². The lowest BCUT2D eigenvalue weighted by Gasteiger charge is -2.19. The molecule has 1 atom stereocenters. The molecule has 4 heteroatoms. The summed E-state index contributed by atoms with van der Waals surface area (Å²) in [6.07, 6.45) is 3.01. The topological polar surface area (TPSA) is 38.0 Å². The molecule has 3 N–H and O–H groups in total. The van der Waals surface area contributed by atoms with Gasteiger partial charge in [0.2, 0.25) is 0 Å². The highest BCUT2D eigenvalue weighted by Gasteiger charge is 2.17. The van der Waals surface area contributed by atoms with Crippen LogP contribution < -0.4 is 11.3 Å². The first-order valence-corrected chi connectivity index (χ1v) is 6.75. The van der Waals surface area contributed by atoms with Crippen LogP contribution in [0.15, 0.2) is 22.7 Å². The summed E-state index contributed by atoms with van der Waals surface area (Å²) in [6, 6.07) is 4.85. The van der Waals surface area contributed by atoms with E-state index in [0.29, 0.717) is 11.5 Å². The second kappa shape index (κ2) is 7.09. The van der Waals surface area contributed by atoms with Gasteiger partial charge in [0.15, 0.2) is 0 Å². The molecule has 17 heavy (non-hydrogen) atoms. The van der Waals surface area contributed by atoms with E-state index in [2.05, 4.69) is 35.2 Å². The molecule has 0 heterocycles. The van der Waals surface area contributed by atoms with Gasteiger partial charge in [-0.05, 0) is 24.5 Å². The Hall–Kier alpha value is -0.450. The third kappa shape index (κ3) is 4.37. The second-order valence-corrected chi connectivity index (χ2v) is 5.53. The average Bonchev–Trinajstić information content (AvgIpc) is 2.26. The Bertz CT molecular complexity index is 335. The highest BCUT2D eigenvalue weighted by atomic mass is 79.9. The maximum absolute atomic E-state index is 13.7. The molecule has 0 aliphatic carbocycles. The molecule has 0 saturated heterocycles. The van der Waals surface area contributed by atoms with Crippen LogP contribution in [0, 0.1) is 11.7 Å². The number of halogens is 2. The van der Waals surface area contributed by atoms with E-state index in [1.54, 1.807) is 6.07 Å². The van der Waals surface area contributed by atoms with Gasteiger partial charge in [0.25, 0.3) is 0 Å². The minimum Gasteiger partial charge on any atom is -0.271 e. The SMILES string of the molecule is CC(C)CCCC(NN)c1c(F)cccc1Br. The van der Waals surface area contributed by atoms with Gasteiger partial charge in [0.05, 0.1) is 0 Å². The monoisotopic (exact) mass is 302 g/mol. The zero-order chi connectivity index (χ0) is 12.8. The van der Waals surface area contributed by atoms with Crippen molar-refractivity contribution in [2.45, 2.75) is 39.2 Å². The van der Waals surface area contributed by atoms with E-state index in [1.165, 1.54) is 6.07 Å². The lowest BCUT2D eigenvalue weighted by molar-refractivity contribution is 0.439. The Morgan fingerprint density at radius 1 is 1.35 bits per heavy atom. The quantitative estimate of drug-likeness (QED) is 0.617. The van der Waals surface area contributed by atoms with Crippen LogP contribution >= 0.6 is 15.9 Å². The number of hydrogen-bond acceptors (Lipinski definition) is 2. The number of hydrazine groups is 1. The second-order valence-electron chi connectivity index (χ2n) is 4.68. The number of rotatable bonds is 6. The molecule has 0 aliphatic rings. The summed E-state index contributed by atoms with van der Waals surface area (Å²) in [5, 5.41) is 0. The smallest absolute Gasteiger partial charge is 0.129 e. The molecule has 0 aliphatic heterocycles. The summed E-state index contributed by atoms with van der Waals surface area (Å²) in [5.41, 5.74) is 3.33. The molecule has 0 radical (unpaired) electrons. The molecule has 1 unspecified atom stereocenters. The summed E-state index contributed by atoms with van der Waals surface area (Å²) in [5.74, 6) is 5.97. The van der Waals surface area contributed by atoms with Crippen LogP contribution in [-0.4, -0.2) is 0 Å². The van der Waals surface area contributed by atoms with Crippen LogP contribution in [0.5, 0.6) is 0 Å². The predicted octanol–water partition coefficient (Wildman–Crippen LogP) is 3.92. The highest BCUT2D eigenvalue weighted by Crippen LogP contribution is 2.29. The fourth-order valence-electron chi connectivity index (χ4n) is 1.88. The summed E-state index contributed by atoms with van der Waals surface area (Å²) < 4.78 is 14.5. The molecule has 0 amide bonds. The zero-order valence-corrected chi connectivity index (χ0v) is 11.9. The van der Waals surface area contributed by atoms with Crippen LogP contribution in [0.1, 0.15) is 44.7 Å². The Morgan fingerprint density at radius 3 is 2.59 bits per heavy atom. The molecule has 1 aromatic carbocycles. The van der Waals surface area contributed by atoms with E-state index in [0.717, 1.165) is 23.7 Å². The lowest BCUT2D eigenvalue weighted by Crippen LogP contribution is -2.29. The van der Waals surface area contributed by atoms with Crippen molar-refractivity contribution in [2.75, 3.05) is 0 Å². The van der Waals surface area contributed by atoms with Crippen molar-refractivity contribution in [3.63, 3.8) is 0 Å². The molecule has 1 aromatic rings. The van der Waals surface area contributed by atoms with Crippen molar-refractivity contribution in [2.24, 2.45) is 11.8 Å². The maximum Gasteiger partial charge on any atom is 0.129 e. The molecule has 2 nitrogen and oxygen atoms in total. The molecule has 1 rings (SSSR count). The first-order chi connectivity index (χ1) is 8.06. The van der Waals surface area contributed by atoms with Gasteiger partial charge in [-0.2, -0.15) is 0 Å². The van der Waals surface area contributed by atoms with Crippen molar-refractivity contribution in [3.8, 4) is 0 Å². The third-order valence-electron chi connectivity index (χ3n) is 2.82. The highest BCUT2D eigenvalue weighted by molar-refractivity contribution is 9.10. The fourth-order valence-corrected chi connectivity index (χ4v) is 2.50. The predicted molar refractivity (Wildman–Crippen MR) is 72.9 cm³/mol. The molecule has 0 fully saturated rings. The summed E-state index contributed by atoms with van der Waals surface area (Å²) in [4.78, 5) is 0. The Morgan fingerprint density at radius 2 is 2.06 bits per heavy atom. The number of benzene rings is 1. The van der Waals surface area contributed by atoms with Gasteiger partial charge in [0.1, 0.15) is 5.82 Å². The summed E-state index contributed by atoms with van der Waals surface area (Å²) in [7, 11) is 0. The van der Waals surface area contributed by atoms with Gasteiger partial charge in [-0.3, -0.25) is 11.3 Å². The molecule has 0 aromatic heterocycles. The van der Waals surface area contributed by atoms with E-state index in [1.807, 2.05) is 6.07 Å². The molecule has 96 valence electrons.